The minimum absolute atomic E-state index is 0.111. The van der Waals surface area contributed by atoms with Crippen LogP contribution in [0.15, 0.2) is 18.2 Å². The third kappa shape index (κ3) is 4.45. The number of hydrogen-bond donors (Lipinski definition) is 2. The molecule has 1 aromatic rings. The Hall–Kier alpha value is -1.17. The molecule has 3 N–H and O–H groups in total. The smallest absolute Gasteiger partial charge is 0.274 e. The van der Waals surface area contributed by atoms with Gasteiger partial charge in [-0.1, -0.05) is 25.4 Å². The predicted molar refractivity (Wildman–Crippen MR) is 75.1 cm³/mol. The molecule has 0 radical (unpaired) electrons. The maximum absolute atomic E-state index is 11.0. The second kappa shape index (κ2) is 6.84. The third-order valence-electron chi connectivity index (χ3n) is 3.00. The van der Waals surface area contributed by atoms with Crippen molar-refractivity contribution in [2.75, 3.05) is 0 Å². The summed E-state index contributed by atoms with van der Waals surface area (Å²) >= 11 is 5.84. The number of nitro benzene ring substituents is 1. The van der Waals surface area contributed by atoms with E-state index in [1.165, 1.54) is 18.2 Å². The van der Waals surface area contributed by atoms with E-state index < -0.39 is 17.1 Å². The number of nitrogens with zero attached hydrogens (tertiary/aromatic N) is 1. The summed E-state index contributed by atoms with van der Waals surface area (Å²) in [6, 6.07) is 3.39. The van der Waals surface area contributed by atoms with Gasteiger partial charge in [-0.05, 0) is 30.9 Å². The van der Waals surface area contributed by atoms with Crippen molar-refractivity contribution < 1.29 is 10.0 Å². The van der Waals surface area contributed by atoms with E-state index in [2.05, 4.69) is 0 Å². The molecule has 0 saturated carbocycles. The Labute approximate surface area is 117 Å². The zero-order chi connectivity index (χ0) is 14.6. The third-order valence-corrected chi connectivity index (χ3v) is 3.23. The van der Waals surface area contributed by atoms with E-state index in [1.807, 2.05) is 13.8 Å². The maximum atomic E-state index is 11.0. The lowest BCUT2D eigenvalue weighted by Crippen LogP contribution is -2.27. The number of aliphatic hydroxyl groups excluding tert-OH is 1. The lowest BCUT2D eigenvalue weighted by Gasteiger charge is -2.20. The molecule has 0 aliphatic carbocycles. The molecule has 0 fully saturated rings. The van der Waals surface area contributed by atoms with E-state index in [4.69, 9.17) is 17.3 Å². The lowest BCUT2D eigenvalue weighted by atomic mass is 9.95. The van der Waals surface area contributed by atoms with Crippen LogP contribution in [0.3, 0.4) is 0 Å². The number of hydrogen-bond acceptors (Lipinski definition) is 4. The van der Waals surface area contributed by atoms with Gasteiger partial charge in [0.1, 0.15) is 0 Å². The minimum Gasteiger partial charge on any atom is -0.391 e. The number of nitro groups is 1. The molecule has 106 valence electrons. The van der Waals surface area contributed by atoms with Gasteiger partial charge in [0.15, 0.2) is 0 Å². The molecule has 0 unspecified atom stereocenters. The Morgan fingerprint density at radius 3 is 2.58 bits per heavy atom. The van der Waals surface area contributed by atoms with E-state index in [-0.39, 0.29) is 11.3 Å². The van der Waals surface area contributed by atoms with Crippen LogP contribution in [0, 0.1) is 16.0 Å². The molecular formula is C13H19ClN2O3. The van der Waals surface area contributed by atoms with Crippen LogP contribution in [0.2, 0.25) is 5.02 Å². The molecule has 0 spiro atoms. The van der Waals surface area contributed by atoms with Gasteiger partial charge in [-0.15, -0.1) is 0 Å². The van der Waals surface area contributed by atoms with Gasteiger partial charge >= 0.3 is 0 Å². The zero-order valence-electron chi connectivity index (χ0n) is 11.0. The van der Waals surface area contributed by atoms with Crippen LogP contribution in [0.4, 0.5) is 5.69 Å². The molecule has 0 heterocycles. The Kier molecular flexibility index (Phi) is 5.72. The normalized spacial score (nSPS) is 14.4. The summed E-state index contributed by atoms with van der Waals surface area (Å²) in [6.45, 7) is 4.08. The first kappa shape index (κ1) is 15.9. The largest absolute Gasteiger partial charge is 0.391 e. The highest BCUT2D eigenvalue weighted by Gasteiger charge is 2.25. The molecule has 1 aromatic carbocycles. The Morgan fingerprint density at radius 2 is 2.05 bits per heavy atom. The molecule has 0 aromatic heterocycles. The van der Waals surface area contributed by atoms with Gasteiger partial charge in [0.25, 0.3) is 5.69 Å². The molecule has 1 rings (SSSR count). The summed E-state index contributed by atoms with van der Waals surface area (Å²) < 4.78 is 0. The number of aliphatic hydroxyl groups is 1. The van der Waals surface area contributed by atoms with E-state index in [0.29, 0.717) is 17.4 Å². The van der Waals surface area contributed by atoms with Gasteiger partial charge in [0.05, 0.1) is 22.6 Å². The number of nitrogens with two attached hydrogens (primary N) is 1. The second-order valence-electron chi connectivity index (χ2n) is 5.02. The average molecular weight is 287 g/mol. The highest BCUT2D eigenvalue weighted by atomic mass is 35.5. The van der Waals surface area contributed by atoms with Crippen LogP contribution in [-0.2, 0) is 0 Å². The SMILES string of the molecule is CC(C)CC[C@@H](O)[C@@H](N)c1cc(Cl)ccc1[N+](=O)[O-]. The van der Waals surface area contributed by atoms with Gasteiger partial charge in [0.2, 0.25) is 0 Å². The highest BCUT2D eigenvalue weighted by Crippen LogP contribution is 2.30. The molecule has 0 amide bonds. The molecule has 19 heavy (non-hydrogen) atoms. The predicted octanol–water partition coefficient (Wildman–Crippen LogP) is 3.05. The van der Waals surface area contributed by atoms with Crippen LogP contribution in [0.5, 0.6) is 0 Å². The Balaban J connectivity index is 2.94. The molecule has 0 saturated heterocycles. The van der Waals surface area contributed by atoms with Crippen molar-refractivity contribution in [2.45, 2.75) is 38.8 Å². The second-order valence-corrected chi connectivity index (χ2v) is 5.46. The number of halogens is 1. The van der Waals surface area contributed by atoms with Crippen molar-refractivity contribution in [2.24, 2.45) is 11.7 Å². The molecule has 0 bridgehead atoms. The van der Waals surface area contributed by atoms with Crippen LogP contribution in [0.1, 0.15) is 38.3 Å². The number of benzene rings is 1. The fraction of sp³-hybridized carbons (Fsp3) is 0.538. The van der Waals surface area contributed by atoms with Crippen molar-refractivity contribution in [3.05, 3.63) is 38.9 Å². The van der Waals surface area contributed by atoms with Gasteiger partial charge < -0.3 is 10.8 Å². The summed E-state index contributed by atoms with van der Waals surface area (Å²) in [5.41, 5.74) is 6.08. The van der Waals surface area contributed by atoms with Crippen molar-refractivity contribution in [1.29, 1.82) is 0 Å². The molecule has 6 heteroatoms. The minimum atomic E-state index is -0.820. The average Bonchev–Trinajstić information content (AvgIpc) is 2.34. The zero-order valence-corrected chi connectivity index (χ0v) is 11.8. The Bertz CT molecular complexity index is 452. The van der Waals surface area contributed by atoms with E-state index in [1.54, 1.807) is 0 Å². The van der Waals surface area contributed by atoms with Gasteiger partial charge in [-0.2, -0.15) is 0 Å². The van der Waals surface area contributed by atoms with E-state index in [0.717, 1.165) is 6.42 Å². The summed E-state index contributed by atoms with van der Waals surface area (Å²) in [7, 11) is 0. The lowest BCUT2D eigenvalue weighted by molar-refractivity contribution is -0.385. The van der Waals surface area contributed by atoms with Crippen molar-refractivity contribution >= 4 is 17.3 Å². The first-order chi connectivity index (χ1) is 8.82. The van der Waals surface area contributed by atoms with Crippen molar-refractivity contribution in [1.82, 2.24) is 0 Å². The van der Waals surface area contributed by atoms with Crippen molar-refractivity contribution in [3.63, 3.8) is 0 Å². The molecule has 0 aliphatic heterocycles. The fourth-order valence-corrected chi connectivity index (χ4v) is 2.03. The number of rotatable bonds is 6. The summed E-state index contributed by atoms with van der Waals surface area (Å²) in [5.74, 6) is 0.441. The van der Waals surface area contributed by atoms with E-state index in [9.17, 15) is 15.2 Å². The molecule has 0 aliphatic rings. The first-order valence-corrected chi connectivity index (χ1v) is 6.58. The van der Waals surface area contributed by atoms with E-state index >= 15 is 0 Å². The maximum Gasteiger partial charge on any atom is 0.274 e. The Morgan fingerprint density at radius 1 is 1.42 bits per heavy atom. The van der Waals surface area contributed by atoms with Crippen LogP contribution >= 0.6 is 11.6 Å². The van der Waals surface area contributed by atoms with Crippen molar-refractivity contribution in [3.8, 4) is 0 Å². The van der Waals surface area contributed by atoms with Crippen LogP contribution < -0.4 is 5.73 Å². The monoisotopic (exact) mass is 286 g/mol. The molecule has 2 atom stereocenters. The van der Waals surface area contributed by atoms with Crippen LogP contribution in [-0.4, -0.2) is 16.1 Å². The highest BCUT2D eigenvalue weighted by molar-refractivity contribution is 6.30. The van der Waals surface area contributed by atoms with Gasteiger partial charge in [-0.3, -0.25) is 10.1 Å². The quantitative estimate of drug-likeness (QED) is 0.621. The first-order valence-electron chi connectivity index (χ1n) is 6.20. The van der Waals surface area contributed by atoms with Gasteiger partial charge in [0, 0.05) is 11.1 Å². The summed E-state index contributed by atoms with van der Waals surface area (Å²) in [6.07, 6.45) is 0.491. The standard InChI is InChI=1S/C13H19ClN2O3/c1-8(2)3-6-12(17)13(15)10-7-9(14)4-5-11(10)16(18)19/h4-5,7-8,12-13,17H,3,6,15H2,1-2H3/t12-,13+/m1/s1. The topological polar surface area (TPSA) is 89.4 Å². The summed E-state index contributed by atoms with van der Waals surface area (Å²) in [4.78, 5) is 10.4. The van der Waals surface area contributed by atoms with Crippen LogP contribution in [0.25, 0.3) is 0 Å². The molecule has 5 nitrogen and oxygen atoms in total. The summed E-state index contributed by atoms with van der Waals surface area (Å²) in [5, 5.41) is 21.3. The fourth-order valence-electron chi connectivity index (χ4n) is 1.85. The van der Waals surface area contributed by atoms with Gasteiger partial charge in [-0.25, -0.2) is 0 Å². The molecular weight excluding hydrogens is 268 g/mol.